The zero-order valence-electron chi connectivity index (χ0n) is 21.1. The van der Waals surface area contributed by atoms with Gasteiger partial charge in [0.25, 0.3) is 0 Å². The van der Waals surface area contributed by atoms with Crippen LogP contribution in [0.3, 0.4) is 0 Å². The number of hydrogen-bond acceptors (Lipinski definition) is 10. The number of thiophene rings is 2. The molecular formula is C24H38Ag2N4O6S2+4. The van der Waals surface area contributed by atoms with Gasteiger partial charge >= 0.3 is 44.8 Å². The number of hydrogen-bond donors (Lipinski definition) is 0. The molecule has 0 amide bonds. The second kappa shape index (κ2) is 26.5. The van der Waals surface area contributed by atoms with E-state index in [-0.39, 0.29) is 55.7 Å². The van der Waals surface area contributed by atoms with Gasteiger partial charge in [0, 0.05) is 44.4 Å². The van der Waals surface area contributed by atoms with E-state index >= 15 is 0 Å². The Hall–Kier alpha value is -0.679. The van der Waals surface area contributed by atoms with Crippen LogP contribution in [0, 0.1) is 0 Å². The molecule has 1 aliphatic heterocycles. The van der Waals surface area contributed by atoms with E-state index in [1.54, 1.807) is 22.7 Å². The minimum Gasteiger partial charge on any atom is -0.457 e. The van der Waals surface area contributed by atoms with Crippen LogP contribution in [-0.2, 0) is 74.7 Å². The van der Waals surface area contributed by atoms with E-state index in [1.807, 2.05) is 49.1 Å². The van der Waals surface area contributed by atoms with E-state index in [0.29, 0.717) is 79.0 Å². The van der Waals surface area contributed by atoms with Crippen LogP contribution in [0.25, 0.3) is 0 Å². The molecule has 4 bridgehead atoms. The van der Waals surface area contributed by atoms with Gasteiger partial charge in [-0.05, 0) is 24.3 Å². The summed E-state index contributed by atoms with van der Waals surface area (Å²) in [5.41, 5.74) is 0. The maximum absolute atomic E-state index is 5.56. The second-order valence-corrected chi connectivity index (χ2v) is 9.36. The third kappa shape index (κ3) is 18.6. The van der Waals surface area contributed by atoms with Crippen LogP contribution in [0.1, 0.15) is 19.5 Å². The largest absolute Gasteiger partial charge is 1.00 e. The Kier molecular flexibility index (Phi) is 27.6. The van der Waals surface area contributed by atoms with Crippen molar-refractivity contribution in [2.45, 2.75) is 0 Å². The first-order valence-electron chi connectivity index (χ1n) is 11.4. The Morgan fingerprint density at radius 3 is 0.895 bits per heavy atom. The number of rotatable bonds is 0. The smallest absolute Gasteiger partial charge is 0.457 e. The standard InChI is InChI=1S/C24H32N4O4S2.2Ag.2H2O/c1-2-22-18-26-6-10-30-15-16-32-12-8-28-20-24-4-3-23(34-24)19-27-7-11-31-14-13-29-9-5-25-17-21(1)33-22;;;;/h1-4,17-20H,5-16H2;;;2*1H2/q;2*+1;;/p+2. The molecule has 0 saturated heterocycles. The average Bonchev–Trinajstić information content (AvgIpc) is 3.49. The Bertz CT molecular complexity index is 797. The molecule has 0 fully saturated rings. The molecule has 0 aromatic carbocycles. The molecule has 2 aromatic rings. The Morgan fingerprint density at radius 1 is 0.421 bits per heavy atom. The minimum absolute atomic E-state index is 0. The fourth-order valence-corrected chi connectivity index (χ4v) is 4.34. The summed E-state index contributed by atoms with van der Waals surface area (Å²) in [7, 11) is 0. The molecule has 0 atom stereocenters. The van der Waals surface area contributed by atoms with E-state index in [4.69, 9.17) is 18.9 Å². The van der Waals surface area contributed by atoms with Crippen molar-refractivity contribution in [2.75, 3.05) is 79.0 Å². The van der Waals surface area contributed by atoms with Gasteiger partial charge in [0.05, 0.1) is 79.0 Å². The third-order valence-corrected chi connectivity index (χ3v) is 6.28. The normalized spacial score (nSPS) is 16.6. The van der Waals surface area contributed by atoms with Crippen LogP contribution in [0.5, 0.6) is 0 Å². The molecule has 0 radical (unpaired) electrons. The summed E-state index contributed by atoms with van der Waals surface area (Å²) in [5.74, 6) is 0. The van der Waals surface area contributed by atoms with Gasteiger partial charge < -0.3 is 29.9 Å². The van der Waals surface area contributed by atoms with Crippen LogP contribution >= 0.6 is 22.7 Å². The van der Waals surface area contributed by atoms with Crippen molar-refractivity contribution in [3.05, 3.63) is 43.8 Å². The molecule has 0 aliphatic carbocycles. The van der Waals surface area contributed by atoms with Crippen LogP contribution in [0.15, 0.2) is 44.2 Å². The van der Waals surface area contributed by atoms with E-state index in [2.05, 4.69) is 20.0 Å². The first kappa shape index (κ1) is 39.5. The summed E-state index contributed by atoms with van der Waals surface area (Å²) in [6, 6.07) is 8.18. The molecule has 14 heteroatoms. The number of nitrogens with zero attached hydrogens (tertiary/aromatic N) is 4. The van der Waals surface area contributed by atoms with E-state index < -0.39 is 0 Å². The molecule has 0 spiro atoms. The fourth-order valence-electron chi connectivity index (χ4n) is 2.75. The van der Waals surface area contributed by atoms with Crippen LogP contribution in [0.4, 0.5) is 0 Å². The molecule has 38 heavy (non-hydrogen) atoms. The molecule has 220 valence electrons. The van der Waals surface area contributed by atoms with Gasteiger partial charge in [0.15, 0.2) is 0 Å². The molecule has 3 rings (SSSR count). The van der Waals surface area contributed by atoms with E-state index in [9.17, 15) is 0 Å². The first-order valence-corrected chi connectivity index (χ1v) is 13.0. The number of fused-ring (bicyclic) bond motifs is 4. The van der Waals surface area contributed by atoms with Crippen LogP contribution < -0.4 is 0 Å². The van der Waals surface area contributed by atoms with Gasteiger partial charge in [-0.15, -0.1) is 22.7 Å². The van der Waals surface area contributed by atoms with E-state index in [0.717, 1.165) is 19.5 Å². The van der Waals surface area contributed by atoms with Gasteiger partial charge in [0.1, 0.15) is 0 Å². The molecule has 6 N–H and O–H groups in total. The molecule has 0 unspecified atom stereocenters. The Labute approximate surface area is 263 Å². The zero-order chi connectivity index (χ0) is 23.5. The summed E-state index contributed by atoms with van der Waals surface area (Å²) >= 11 is 3.31. The quantitative estimate of drug-likeness (QED) is 0.295. The van der Waals surface area contributed by atoms with Crippen molar-refractivity contribution >= 4 is 47.5 Å². The van der Waals surface area contributed by atoms with Gasteiger partial charge in [0.2, 0.25) is 0 Å². The van der Waals surface area contributed by atoms with Gasteiger partial charge in [-0.2, -0.15) is 0 Å². The van der Waals surface area contributed by atoms with Crippen molar-refractivity contribution in [3.8, 4) is 0 Å². The van der Waals surface area contributed by atoms with Gasteiger partial charge in [-0.1, -0.05) is 0 Å². The van der Waals surface area contributed by atoms with Crippen molar-refractivity contribution in [1.82, 2.24) is 0 Å². The number of ether oxygens (including phenoxy) is 4. The predicted octanol–water partition coefficient (Wildman–Crippen LogP) is 1.42. The summed E-state index contributed by atoms with van der Waals surface area (Å²) in [4.78, 5) is 22.1. The van der Waals surface area contributed by atoms with Crippen LogP contribution in [-0.4, -0.2) is 104 Å². The van der Waals surface area contributed by atoms with Gasteiger partial charge in [-0.3, -0.25) is 20.0 Å². The van der Waals surface area contributed by atoms with Crippen molar-refractivity contribution in [1.29, 1.82) is 0 Å². The van der Waals surface area contributed by atoms with Crippen molar-refractivity contribution in [3.63, 3.8) is 0 Å². The minimum atomic E-state index is 0. The Morgan fingerprint density at radius 2 is 0.658 bits per heavy atom. The predicted molar refractivity (Wildman–Crippen MR) is 152 cm³/mol. The molecule has 1 aliphatic rings. The average molecular weight is 758 g/mol. The Balaban J connectivity index is 0. The second-order valence-electron chi connectivity index (χ2n) is 7.07. The molecule has 10 nitrogen and oxygen atoms in total. The van der Waals surface area contributed by atoms with E-state index in [1.165, 1.54) is 0 Å². The van der Waals surface area contributed by atoms with Crippen molar-refractivity contribution in [2.24, 2.45) is 20.0 Å². The SMILES string of the molecule is C1=NCCOCCOCCN=Cc2ccc(s2)C=NCCOCCOCCN=Cc2ccc1s2.[Ag+].[Ag+].[OH3+].[OH3+]. The monoisotopic (exact) mass is 756 g/mol. The summed E-state index contributed by atoms with van der Waals surface area (Å²) in [5, 5.41) is 0. The molecule has 3 heterocycles. The van der Waals surface area contributed by atoms with Crippen LogP contribution in [0.2, 0.25) is 0 Å². The maximum Gasteiger partial charge on any atom is 1.00 e. The van der Waals surface area contributed by atoms with Crippen molar-refractivity contribution < 1.29 is 74.7 Å². The maximum atomic E-state index is 5.56. The fraction of sp³-hybridized carbons (Fsp3) is 0.500. The molecule has 2 aromatic heterocycles. The summed E-state index contributed by atoms with van der Waals surface area (Å²) < 4.78 is 22.2. The third-order valence-electron chi connectivity index (χ3n) is 4.37. The molecular weight excluding hydrogens is 720 g/mol. The first-order chi connectivity index (χ1) is 16.9. The summed E-state index contributed by atoms with van der Waals surface area (Å²) in [6.45, 7) is 7.03. The molecule has 0 saturated carbocycles. The number of aliphatic imine (C=N–C) groups is 4. The zero-order valence-corrected chi connectivity index (χ0v) is 25.7. The summed E-state index contributed by atoms with van der Waals surface area (Å²) in [6.07, 6.45) is 7.52. The van der Waals surface area contributed by atoms with Gasteiger partial charge in [-0.25, -0.2) is 0 Å². The topological polar surface area (TPSA) is 152 Å².